The van der Waals surface area contributed by atoms with Crippen LogP contribution in [0.15, 0.2) is 36.8 Å². The summed E-state index contributed by atoms with van der Waals surface area (Å²) in [5.41, 5.74) is 7.93. The summed E-state index contributed by atoms with van der Waals surface area (Å²) in [6, 6.07) is 8.15. The molecule has 4 heteroatoms. The molecule has 1 aromatic carbocycles. The van der Waals surface area contributed by atoms with Crippen molar-refractivity contribution in [3.63, 3.8) is 0 Å². The van der Waals surface area contributed by atoms with Gasteiger partial charge in [0.05, 0.1) is 12.0 Å². The van der Waals surface area contributed by atoms with Crippen molar-refractivity contribution in [2.75, 3.05) is 13.2 Å². The summed E-state index contributed by atoms with van der Waals surface area (Å²) in [7, 11) is 0. The summed E-state index contributed by atoms with van der Waals surface area (Å²) in [5, 5.41) is 0. The van der Waals surface area contributed by atoms with Crippen LogP contribution in [-0.2, 0) is 0 Å². The van der Waals surface area contributed by atoms with E-state index in [1.807, 2.05) is 24.7 Å². The SMILES string of the molecule is NCCOc1cccc(-n2cncc2C2CCCCC2)c1. The average molecular weight is 285 g/mol. The van der Waals surface area contributed by atoms with E-state index in [-0.39, 0.29) is 0 Å². The van der Waals surface area contributed by atoms with Crippen LogP contribution >= 0.6 is 0 Å². The molecule has 4 nitrogen and oxygen atoms in total. The number of aromatic nitrogens is 2. The Bertz CT molecular complexity index is 573. The van der Waals surface area contributed by atoms with E-state index in [2.05, 4.69) is 21.7 Å². The Balaban J connectivity index is 1.85. The number of rotatable bonds is 5. The lowest BCUT2D eigenvalue weighted by molar-refractivity contribution is 0.328. The molecule has 1 aromatic heterocycles. The number of hydrogen-bond acceptors (Lipinski definition) is 3. The quantitative estimate of drug-likeness (QED) is 0.917. The van der Waals surface area contributed by atoms with E-state index in [9.17, 15) is 0 Å². The normalized spacial score (nSPS) is 16.0. The molecular weight excluding hydrogens is 262 g/mol. The topological polar surface area (TPSA) is 53.1 Å². The number of imidazole rings is 1. The lowest BCUT2D eigenvalue weighted by Gasteiger charge is -2.23. The molecule has 0 spiro atoms. The molecule has 0 bridgehead atoms. The molecule has 0 radical (unpaired) electrons. The van der Waals surface area contributed by atoms with Crippen LogP contribution in [-0.4, -0.2) is 22.7 Å². The van der Waals surface area contributed by atoms with Gasteiger partial charge in [0.2, 0.25) is 0 Å². The van der Waals surface area contributed by atoms with Crippen molar-refractivity contribution in [1.82, 2.24) is 9.55 Å². The minimum Gasteiger partial charge on any atom is -0.492 e. The van der Waals surface area contributed by atoms with Crippen molar-refractivity contribution >= 4 is 0 Å². The minimum atomic E-state index is 0.530. The second-order valence-electron chi connectivity index (χ2n) is 5.66. The molecule has 1 fully saturated rings. The Morgan fingerprint density at radius 1 is 1.24 bits per heavy atom. The Labute approximate surface area is 125 Å². The highest BCUT2D eigenvalue weighted by molar-refractivity contribution is 5.41. The molecule has 21 heavy (non-hydrogen) atoms. The molecule has 0 atom stereocenters. The van der Waals surface area contributed by atoms with E-state index < -0.39 is 0 Å². The van der Waals surface area contributed by atoms with Gasteiger partial charge in [-0.15, -0.1) is 0 Å². The second kappa shape index (κ2) is 6.76. The first-order valence-electron chi connectivity index (χ1n) is 7.84. The summed E-state index contributed by atoms with van der Waals surface area (Å²) in [5.74, 6) is 1.50. The Morgan fingerprint density at radius 3 is 2.90 bits per heavy atom. The Morgan fingerprint density at radius 2 is 2.10 bits per heavy atom. The van der Waals surface area contributed by atoms with Gasteiger partial charge < -0.3 is 15.0 Å². The summed E-state index contributed by atoms with van der Waals surface area (Å²) in [6.07, 6.45) is 10.5. The third-order valence-electron chi connectivity index (χ3n) is 4.17. The van der Waals surface area contributed by atoms with Gasteiger partial charge in [0, 0.05) is 30.4 Å². The number of nitrogens with zero attached hydrogens (tertiary/aromatic N) is 2. The number of benzene rings is 1. The molecule has 0 saturated heterocycles. The van der Waals surface area contributed by atoms with Gasteiger partial charge in [0.1, 0.15) is 12.4 Å². The maximum atomic E-state index is 5.62. The van der Waals surface area contributed by atoms with Gasteiger partial charge >= 0.3 is 0 Å². The van der Waals surface area contributed by atoms with Crippen LogP contribution in [0, 0.1) is 0 Å². The van der Waals surface area contributed by atoms with E-state index in [1.165, 1.54) is 37.8 Å². The Hall–Kier alpha value is -1.81. The highest BCUT2D eigenvalue weighted by Crippen LogP contribution is 2.33. The molecule has 1 saturated carbocycles. The summed E-state index contributed by atoms with van der Waals surface area (Å²) >= 11 is 0. The first kappa shape index (κ1) is 14.1. The number of ether oxygens (including phenoxy) is 1. The standard InChI is InChI=1S/C17H23N3O/c18-9-10-21-16-8-4-7-15(11-16)20-13-19-12-17(20)14-5-2-1-3-6-14/h4,7-8,11-14H,1-3,5-6,9-10,18H2. The van der Waals surface area contributed by atoms with Gasteiger partial charge in [-0.2, -0.15) is 0 Å². The molecule has 112 valence electrons. The molecule has 0 aliphatic heterocycles. The van der Waals surface area contributed by atoms with Gasteiger partial charge in [-0.1, -0.05) is 25.3 Å². The first-order chi connectivity index (χ1) is 10.4. The van der Waals surface area contributed by atoms with Crippen LogP contribution in [0.2, 0.25) is 0 Å². The van der Waals surface area contributed by atoms with E-state index in [0.29, 0.717) is 19.1 Å². The minimum absolute atomic E-state index is 0.530. The molecule has 1 heterocycles. The highest BCUT2D eigenvalue weighted by Gasteiger charge is 2.19. The van der Waals surface area contributed by atoms with Gasteiger partial charge in [-0.25, -0.2) is 4.98 Å². The predicted octanol–water partition coefficient (Wildman–Crippen LogP) is 3.26. The number of hydrogen-bond donors (Lipinski definition) is 1. The molecule has 1 aliphatic rings. The van der Waals surface area contributed by atoms with Crippen molar-refractivity contribution in [2.24, 2.45) is 5.73 Å². The molecule has 3 rings (SSSR count). The van der Waals surface area contributed by atoms with E-state index >= 15 is 0 Å². The molecule has 2 N–H and O–H groups in total. The third-order valence-corrected chi connectivity index (χ3v) is 4.17. The van der Waals surface area contributed by atoms with Gasteiger partial charge in [0.15, 0.2) is 0 Å². The fourth-order valence-corrected chi connectivity index (χ4v) is 3.12. The van der Waals surface area contributed by atoms with Crippen molar-refractivity contribution in [1.29, 1.82) is 0 Å². The van der Waals surface area contributed by atoms with E-state index in [4.69, 9.17) is 10.5 Å². The lowest BCUT2D eigenvalue weighted by Crippen LogP contribution is -2.11. The second-order valence-corrected chi connectivity index (χ2v) is 5.66. The van der Waals surface area contributed by atoms with Crippen LogP contribution in [0.25, 0.3) is 5.69 Å². The van der Waals surface area contributed by atoms with Crippen molar-refractivity contribution in [3.05, 3.63) is 42.5 Å². The monoisotopic (exact) mass is 285 g/mol. The van der Waals surface area contributed by atoms with Crippen molar-refractivity contribution in [2.45, 2.75) is 38.0 Å². The number of nitrogens with two attached hydrogens (primary N) is 1. The maximum absolute atomic E-state index is 5.62. The maximum Gasteiger partial charge on any atom is 0.121 e. The molecule has 1 aliphatic carbocycles. The van der Waals surface area contributed by atoms with Crippen LogP contribution < -0.4 is 10.5 Å². The van der Waals surface area contributed by atoms with Gasteiger partial charge in [-0.05, 0) is 25.0 Å². The average Bonchev–Trinajstić information content (AvgIpc) is 3.04. The van der Waals surface area contributed by atoms with Crippen molar-refractivity contribution < 1.29 is 4.74 Å². The summed E-state index contributed by atoms with van der Waals surface area (Å²) < 4.78 is 7.82. The molecule has 0 amide bonds. The summed E-state index contributed by atoms with van der Waals surface area (Å²) in [6.45, 7) is 1.07. The van der Waals surface area contributed by atoms with Gasteiger partial charge in [0.25, 0.3) is 0 Å². The lowest BCUT2D eigenvalue weighted by atomic mass is 9.87. The zero-order valence-electron chi connectivity index (χ0n) is 12.4. The van der Waals surface area contributed by atoms with Crippen LogP contribution in [0.4, 0.5) is 0 Å². The van der Waals surface area contributed by atoms with E-state index in [1.54, 1.807) is 0 Å². The first-order valence-corrected chi connectivity index (χ1v) is 7.84. The Kier molecular flexibility index (Phi) is 4.55. The van der Waals surface area contributed by atoms with Crippen LogP contribution in [0.5, 0.6) is 5.75 Å². The molecule has 0 unspecified atom stereocenters. The van der Waals surface area contributed by atoms with E-state index in [0.717, 1.165) is 11.4 Å². The third kappa shape index (κ3) is 3.27. The fraction of sp³-hybridized carbons (Fsp3) is 0.471. The van der Waals surface area contributed by atoms with Crippen molar-refractivity contribution in [3.8, 4) is 11.4 Å². The highest BCUT2D eigenvalue weighted by atomic mass is 16.5. The summed E-state index contributed by atoms with van der Waals surface area (Å²) in [4.78, 5) is 4.37. The zero-order valence-corrected chi connectivity index (χ0v) is 12.4. The largest absolute Gasteiger partial charge is 0.492 e. The van der Waals surface area contributed by atoms with Crippen LogP contribution in [0.3, 0.4) is 0 Å². The zero-order chi connectivity index (χ0) is 14.5. The molecular formula is C17H23N3O. The fourth-order valence-electron chi connectivity index (χ4n) is 3.12. The smallest absolute Gasteiger partial charge is 0.121 e. The predicted molar refractivity (Wildman–Crippen MR) is 83.9 cm³/mol. The van der Waals surface area contributed by atoms with Crippen LogP contribution in [0.1, 0.15) is 43.7 Å². The molecule has 2 aromatic rings. The van der Waals surface area contributed by atoms with Gasteiger partial charge in [-0.3, -0.25) is 0 Å².